The van der Waals surface area contributed by atoms with E-state index in [0.717, 1.165) is 43.6 Å². The molecule has 0 aliphatic heterocycles. The molecule has 245 valence electrons. The highest BCUT2D eigenvalue weighted by Crippen LogP contribution is 2.34. The molecule has 0 aliphatic carbocycles. The molecular weight excluding hydrogens is 606 g/mol. The van der Waals surface area contributed by atoms with E-state index in [1.807, 2.05) is 102 Å². The molecular formula is C39H39N3O6+. The number of para-hydroxylation sites is 4. The van der Waals surface area contributed by atoms with Crippen LogP contribution in [0.4, 0.5) is 0 Å². The van der Waals surface area contributed by atoms with Gasteiger partial charge in [-0.25, -0.2) is 0 Å². The fourth-order valence-electron chi connectivity index (χ4n) is 6.33. The van der Waals surface area contributed by atoms with Gasteiger partial charge in [0.05, 0.1) is 18.1 Å². The van der Waals surface area contributed by atoms with E-state index in [2.05, 4.69) is 22.1 Å². The zero-order chi connectivity index (χ0) is 32.9. The molecule has 9 nitrogen and oxygen atoms in total. The molecule has 0 amide bonds. The van der Waals surface area contributed by atoms with Gasteiger partial charge < -0.3 is 39.1 Å². The van der Waals surface area contributed by atoms with Gasteiger partial charge in [-0.2, -0.15) is 4.90 Å². The summed E-state index contributed by atoms with van der Waals surface area (Å²) in [6.07, 6.45) is -1.66. The maximum absolute atomic E-state index is 11.2. The van der Waals surface area contributed by atoms with Crippen molar-refractivity contribution in [1.82, 2.24) is 14.9 Å². The molecule has 2 atom stereocenters. The Balaban J connectivity index is 1.02. The number of aromatic nitrogens is 2. The molecule has 0 spiro atoms. The summed E-state index contributed by atoms with van der Waals surface area (Å²) in [4.78, 5) is 8.83. The molecule has 5 aromatic carbocycles. The first kappa shape index (κ1) is 31.4. The first-order chi connectivity index (χ1) is 23.6. The smallest absolute Gasteiger partial charge is 0.161 e. The van der Waals surface area contributed by atoms with Gasteiger partial charge in [0.1, 0.15) is 43.5 Å². The number of rotatable bonds is 15. The van der Waals surface area contributed by atoms with Crippen molar-refractivity contribution >= 4 is 43.6 Å². The van der Waals surface area contributed by atoms with Gasteiger partial charge in [-0.1, -0.05) is 60.7 Å². The summed E-state index contributed by atoms with van der Waals surface area (Å²) in [5, 5.41) is 26.5. The molecule has 0 bridgehead atoms. The van der Waals surface area contributed by atoms with Gasteiger partial charge in [-0.05, 0) is 48.5 Å². The number of methoxy groups -OCH3 is 1. The van der Waals surface area contributed by atoms with Crippen molar-refractivity contribution in [2.45, 2.75) is 12.2 Å². The summed E-state index contributed by atoms with van der Waals surface area (Å²) in [5.41, 5.74) is 4.01. The molecule has 2 heterocycles. The van der Waals surface area contributed by atoms with Crippen molar-refractivity contribution in [2.24, 2.45) is 0 Å². The van der Waals surface area contributed by atoms with Gasteiger partial charge in [-0.3, -0.25) is 0 Å². The molecule has 1 radical (unpaired) electrons. The Hall–Kier alpha value is -5.22. The minimum absolute atomic E-state index is 0.0810. The lowest BCUT2D eigenvalue weighted by Crippen LogP contribution is -2.47. The molecule has 0 fully saturated rings. The SMILES string of the molecule is COc1ccccc1OCC[N+](CC(O)COc1cccc2[nH]c3ccccc3c12)CC(O)COc1cccc2[nH]c3ccccc3c12. The Kier molecular flexibility index (Phi) is 9.33. The second kappa shape index (κ2) is 14.3. The predicted octanol–water partition coefficient (Wildman–Crippen LogP) is 6.36. The van der Waals surface area contributed by atoms with Crippen LogP contribution in [0.15, 0.2) is 109 Å². The highest BCUT2D eigenvalue weighted by molar-refractivity contribution is 6.11. The number of H-pyrrole nitrogens is 2. The normalized spacial score (nSPS) is 13.0. The van der Waals surface area contributed by atoms with Crippen LogP contribution in [0.2, 0.25) is 0 Å². The maximum Gasteiger partial charge on any atom is 0.161 e. The summed E-state index contributed by atoms with van der Waals surface area (Å²) < 4.78 is 23.9. The Morgan fingerprint density at radius 3 is 1.54 bits per heavy atom. The first-order valence-electron chi connectivity index (χ1n) is 16.2. The number of aliphatic hydroxyl groups is 2. The maximum atomic E-state index is 11.2. The Morgan fingerprint density at radius 1 is 0.542 bits per heavy atom. The summed E-state index contributed by atoms with van der Waals surface area (Å²) in [6, 6.07) is 35.4. The van der Waals surface area contributed by atoms with E-state index >= 15 is 0 Å². The number of aromatic amines is 2. The summed E-state index contributed by atoms with van der Waals surface area (Å²) in [5.74, 6) is 2.68. The van der Waals surface area contributed by atoms with Gasteiger partial charge >= 0.3 is 0 Å². The average molecular weight is 646 g/mol. The Morgan fingerprint density at radius 2 is 1.00 bits per heavy atom. The number of fused-ring (bicyclic) bond motifs is 6. The molecule has 9 heteroatoms. The van der Waals surface area contributed by atoms with Crippen LogP contribution in [0.3, 0.4) is 0 Å². The van der Waals surface area contributed by atoms with Gasteiger partial charge in [-0.15, -0.1) is 0 Å². The van der Waals surface area contributed by atoms with Crippen LogP contribution < -0.4 is 23.8 Å². The Bertz CT molecular complexity index is 2010. The van der Waals surface area contributed by atoms with Crippen molar-refractivity contribution in [3.63, 3.8) is 0 Å². The third-order valence-corrected chi connectivity index (χ3v) is 8.52. The monoisotopic (exact) mass is 645 g/mol. The molecule has 7 rings (SSSR count). The topological polar surface area (TPSA) is 115 Å². The van der Waals surface area contributed by atoms with Crippen molar-refractivity contribution in [1.29, 1.82) is 0 Å². The van der Waals surface area contributed by atoms with E-state index in [-0.39, 0.29) is 26.3 Å². The molecule has 0 aliphatic rings. The molecule has 2 unspecified atom stereocenters. The van der Waals surface area contributed by atoms with Crippen molar-refractivity contribution < 1.29 is 29.2 Å². The summed E-state index contributed by atoms with van der Waals surface area (Å²) in [7, 11) is 1.61. The minimum atomic E-state index is -0.829. The number of hydrogen-bond donors (Lipinski definition) is 4. The van der Waals surface area contributed by atoms with Gasteiger partial charge in [0.2, 0.25) is 0 Å². The van der Waals surface area contributed by atoms with Crippen LogP contribution in [0, 0.1) is 0 Å². The number of nitrogens with one attached hydrogen (secondary N) is 2. The van der Waals surface area contributed by atoms with Crippen LogP contribution in [0.1, 0.15) is 0 Å². The third-order valence-electron chi connectivity index (χ3n) is 8.52. The second-order valence-electron chi connectivity index (χ2n) is 11.9. The Labute approximate surface area is 278 Å². The van der Waals surface area contributed by atoms with E-state index in [1.165, 1.54) is 0 Å². The van der Waals surface area contributed by atoms with E-state index in [1.54, 1.807) is 7.11 Å². The van der Waals surface area contributed by atoms with Crippen LogP contribution in [-0.2, 0) is 0 Å². The lowest BCUT2D eigenvalue weighted by Gasteiger charge is -2.20. The quantitative estimate of drug-likeness (QED) is 0.0965. The molecule has 48 heavy (non-hydrogen) atoms. The standard InChI is InChI=1S/C39H39N3O6/c1-45-34-16-6-7-17-35(34)46-21-20-42(22-26(43)24-47-36-18-8-14-32-38(36)28-10-2-4-12-30(28)40-32)23-27(44)25-48-37-19-9-15-33-39(37)29-11-3-5-13-31(29)41-33/h2-19,26-27,40-41,43-44H,20-25H2,1H3/q+1. The van der Waals surface area contributed by atoms with Crippen LogP contribution in [-0.4, -0.2) is 79.0 Å². The lowest BCUT2D eigenvalue weighted by molar-refractivity contribution is 0.0584. The van der Waals surface area contributed by atoms with Gasteiger partial charge in [0.25, 0.3) is 0 Å². The van der Waals surface area contributed by atoms with Gasteiger partial charge in [0.15, 0.2) is 31.1 Å². The number of aliphatic hydroxyl groups excluding tert-OH is 2. The van der Waals surface area contributed by atoms with E-state index in [4.69, 9.17) is 18.9 Å². The average Bonchev–Trinajstić information content (AvgIpc) is 3.69. The molecule has 0 saturated heterocycles. The highest BCUT2D eigenvalue weighted by Gasteiger charge is 2.26. The van der Waals surface area contributed by atoms with E-state index < -0.39 is 12.2 Å². The van der Waals surface area contributed by atoms with Crippen molar-refractivity contribution in [3.05, 3.63) is 109 Å². The number of benzene rings is 5. The van der Waals surface area contributed by atoms with Crippen LogP contribution >= 0.6 is 0 Å². The highest BCUT2D eigenvalue weighted by atomic mass is 16.5. The molecule has 4 N–H and O–H groups in total. The van der Waals surface area contributed by atoms with Crippen LogP contribution in [0.25, 0.3) is 43.6 Å². The van der Waals surface area contributed by atoms with E-state index in [9.17, 15) is 10.2 Å². The predicted molar refractivity (Wildman–Crippen MR) is 190 cm³/mol. The van der Waals surface area contributed by atoms with Gasteiger partial charge in [0, 0.05) is 32.6 Å². The summed E-state index contributed by atoms with van der Waals surface area (Å²) >= 11 is 0. The number of ether oxygens (including phenoxy) is 4. The zero-order valence-corrected chi connectivity index (χ0v) is 26.8. The third kappa shape index (κ3) is 6.75. The fraction of sp³-hybridized carbons (Fsp3) is 0.231. The van der Waals surface area contributed by atoms with Crippen molar-refractivity contribution in [3.8, 4) is 23.0 Å². The second-order valence-corrected chi connectivity index (χ2v) is 11.9. The van der Waals surface area contributed by atoms with E-state index in [0.29, 0.717) is 36.1 Å². The first-order valence-corrected chi connectivity index (χ1v) is 16.2. The lowest BCUT2D eigenvalue weighted by atomic mass is 10.1. The van der Waals surface area contributed by atoms with Crippen LogP contribution in [0.5, 0.6) is 23.0 Å². The largest absolute Gasteiger partial charge is 0.493 e. The van der Waals surface area contributed by atoms with Crippen molar-refractivity contribution in [2.75, 3.05) is 46.6 Å². The number of nitrogens with zero attached hydrogens (tertiary/aromatic N) is 1. The molecule has 0 saturated carbocycles. The molecule has 2 aromatic heterocycles. The fourth-order valence-corrected chi connectivity index (χ4v) is 6.33. The zero-order valence-electron chi connectivity index (χ0n) is 26.8. The molecule has 7 aromatic rings. The number of hydrogen-bond acceptors (Lipinski definition) is 7. The summed E-state index contributed by atoms with van der Waals surface area (Å²) in [6.45, 7) is 1.45. The minimum Gasteiger partial charge on any atom is -0.493 e.